The van der Waals surface area contributed by atoms with Crippen molar-refractivity contribution >= 4 is 16.1 Å². The standard InChI is InChI=1S/C19H26N2O4S/c1-8-15(11-13(2)3)25-16-10-9-14(4)12-17(16)26(23,24)21-18(22)20-19(5,6)7/h8-12H,1-2H2,3-7H3,(H2,20,21,22)/b15-11+. The predicted octanol–water partition coefficient (Wildman–Crippen LogP) is 3.81. The maximum Gasteiger partial charge on any atom is 0.329 e. The summed E-state index contributed by atoms with van der Waals surface area (Å²) in [7, 11) is -4.14. The topological polar surface area (TPSA) is 84.5 Å². The minimum absolute atomic E-state index is 0.0825. The Morgan fingerprint density at radius 2 is 1.88 bits per heavy atom. The molecule has 142 valence electrons. The van der Waals surface area contributed by atoms with Gasteiger partial charge in [-0.25, -0.2) is 17.9 Å². The SMILES string of the molecule is C=C/C(=C\C(=C)C)Oc1ccc(C)cc1S(=O)(=O)NC(=O)NC(C)(C)C. The molecule has 1 aromatic carbocycles. The third kappa shape index (κ3) is 6.76. The minimum Gasteiger partial charge on any atom is -0.456 e. The molecule has 0 atom stereocenters. The van der Waals surface area contributed by atoms with E-state index in [0.717, 1.165) is 5.57 Å². The predicted molar refractivity (Wildman–Crippen MR) is 104 cm³/mol. The summed E-state index contributed by atoms with van der Waals surface area (Å²) in [6.07, 6.45) is 3.08. The summed E-state index contributed by atoms with van der Waals surface area (Å²) in [5.74, 6) is 0.427. The summed E-state index contributed by atoms with van der Waals surface area (Å²) in [6.45, 7) is 16.2. The number of amides is 2. The van der Waals surface area contributed by atoms with Crippen molar-refractivity contribution in [2.45, 2.75) is 45.1 Å². The van der Waals surface area contributed by atoms with Crippen LogP contribution in [0.15, 0.2) is 59.7 Å². The van der Waals surface area contributed by atoms with E-state index in [1.54, 1.807) is 46.8 Å². The molecule has 2 N–H and O–H groups in total. The van der Waals surface area contributed by atoms with E-state index in [-0.39, 0.29) is 10.6 Å². The zero-order valence-electron chi connectivity index (χ0n) is 15.8. The largest absolute Gasteiger partial charge is 0.456 e. The number of nitrogens with one attached hydrogen (secondary N) is 2. The number of carbonyl (C=O) groups is 1. The molecule has 1 rings (SSSR count). The van der Waals surface area contributed by atoms with Gasteiger partial charge in [0.05, 0.1) is 0 Å². The molecule has 6 nitrogen and oxygen atoms in total. The van der Waals surface area contributed by atoms with E-state index in [2.05, 4.69) is 18.5 Å². The highest BCUT2D eigenvalue weighted by Gasteiger charge is 2.25. The summed E-state index contributed by atoms with van der Waals surface area (Å²) in [5, 5.41) is 2.55. The van der Waals surface area contributed by atoms with Crippen LogP contribution in [-0.2, 0) is 10.0 Å². The van der Waals surface area contributed by atoms with Gasteiger partial charge in [-0.15, -0.1) is 0 Å². The van der Waals surface area contributed by atoms with Gasteiger partial charge in [0, 0.05) is 5.54 Å². The van der Waals surface area contributed by atoms with Gasteiger partial charge in [0.1, 0.15) is 16.4 Å². The van der Waals surface area contributed by atoms with Crippen LogP contribution in [0.25, 0.3) is 0 Å². The number of hydrogen-bond donors (Lipinski definition) is 2. The number of urea groups is 1. The molecule has 0 spiro atoms. The molecule has 0 radical (unpaired) electrons. The lowest BCUT2D eigenvalue weighted by Crippen LogP contribution is -2.48. The molecule has 0 fully saturated rings. The number of benzene rings is 1. The Morgan fingerprint density at radius 3 is 2.38 bits per heavy atom. The molecule has 0 aliphatic carbocycles. The van der Waals surface area contributed by atoms with Crippen LogP contribution in [0.5, 0.6) is 5.75 Å². The number of hydrogen-bond acceptors (Lipinski definition) is 4. The van der Waals surface area contributed by atoms with E-state index in [1.807, 2.05) is 4.72 Å². The molecule has 0 aromatic heterocycles. The number of aryl methyl sites for hydroxylation is 1. The van der Waals surface area contributed by atoms with Crippen molar-refractivity contribution in [2.75, 3.05) is 0 Å². The Labute approximate surface area is 155 Å². The Balaban J connectivity index is 3.26. The van der Waals surface area contributed by atoms with Gasteiger partial charge < -0.3 is 10.1 Å². The van der Waals surface area contributed by atoms with Gasteiger partial charge in [0.25, 0.3) is 10.0 Å². The molecule has 0 unspecified atom stereocenters. The van der Waals surface area contributed by atoms with Crippen molar-refractivity contribution in [3.63, 3.8) is 0 Å². The smallest absolute Gasteiger partial charge is 0.329 e. The Kier molecular flexibility index (Phi) is 6.80. The highest BCUT2D eigenvalue weighted by molar-refractivity contribution is 7.90. The Bertz CT molecular complexity index is 847. The molecule has 2 amide bonds. The third-order valence-corrected chi connectivity index (χ3v) is 4.27. The molecule has 0 bridgehead atoms. The molecule has 1 aromatic rings. The van der Waals surface area contributed by atoms with Crippen LogP contribution < -0.4 is 14.8 Å². The zero-order chi connectivity index (χ0) is 20.1. The van der Waals surface area contributed by atoms with Crippen LogP contribution in [0.2, 0.25) is 0 Å². The second kappa shape index (κ2) is 8.23. The van der Waals surface area contributed by atoms with Crippen molar-refractivity contribution in [3.05, 3.63) is 60.4 Å². The molecule has 0 aliphatic heterocycles. The average molecular weight is 378 g/mol. The Morgan fingerprint density at radius 1 is 1.27 bits per heavy atom. The van der Waals surface area contributed by atoms with Gasteiger partial charge in [-0.1, -0.05) is 24.8 Å². The minimum atomic E-state index is -4.14. The zero-order valence-corrected chi connectivity index (χ0v) is 16.7. The summed E-state index contributed by atoms with van der Waals surface area (Å²) >= 11 is 0. The lowest BCUT2D eigenvalue weighted by atomic mass is 10.1. The number of ether oxygens (including phenoxy) is 1. The van der Waals surface area contributed by atoms with E-state index in [9.17, 15) is 13.2 Å². The maximum atomic E-state index is 12.7. The monoisotopic (exact) mass is 378 g/mol. The molecule has 0 heterocycles. The highest BCUT2D eigenvalue weighted by Crippen LogP contribution is 2.27. The summed E-state index contributed by atoms with van der Waals surface area (Å²) in [6, 6.07) is 3.86. The first-order valence-electron chi connectivity index (χ1n) is 7.97. The van der Waals surface area contributed by atoms with Gasteiger partial charge in [-0.3, -0.25) is 0 Å². The van der Waals surface area contributed by atoms with Crippen LogP contribution in [0.4, 0.5) is 4.79 Å². The second-order valence-electron chi connectivity index (χ2n) is 6.96. The van der Waals surface area contributed by atoms with Crippen molar-refractivity contribution in [1.29, 1.82) is 0 Å². The molecule has 0 aliphatic rings. The molecule has 7 heteroatoms. The summed E-state index contributed by atoms with van der Waals surface area (Å²) in [5.41, 5.74) is 0.850. The fourth-order valence-electron chi connectivity index (χ4n) is 1.95. The normalized spacial score (nSPS) is 12.3. The number of allylic oxidation sites excluding steroid dienone is 3. The van der Waals surface area contributed by atoms with Gasteiger partial charge in [0.2, 0.25) is 0 Å². The summed E-state index contributed by atoms with van der Waals surface area (Å²) < 4.78 is 33.0. The van der Waals surface area contributed by atoms with Gasteiger partial charge >= 0.3 is 6.03 Å². The summed E-state index contributed by atoms with van der Waals surface area (Å²) in [4.78, 5) is 11.8. The molecule has 0 saturated heterocycles. The van der Waals surface area contributed by atoms with Gasteiger partial charge in [-0.2, -0.15) is 0 Å². The number of carbonyl (C=O) groups excluding carboxylic acids is 1. The van der Waals surface area contributed by atoms with Crippen LogP contribution >= 0.6 is 0 Å². The lowest BCUT2D eigenvalue weighted by Gasteiger charge is -2.21. The molecular formula is C19H26N2O4S. The van der Waals surface area contributed by atoms with Crippen LogP contribution in [-0.4, -0.2) is 20.0 Å². The van der Waals surface area contributed by atoms with Crippen molar-refractivity contribution in [3.8, 4) is 5.75 Å². The van der Waals surface area contributed by atoms with Crippen molar-refractivity contribution in [2.24, 2.45) is 0 Å². The first kappa shape index (κ1) is 21.5. The van der Waals surface area contributed by atoms with Crippen LogP contribution in [0.3, 0.4) is 0 Å². The molecule has 0 saturated carbocycles. The number of sulfonamides is 1. The van der Waals surface area contributed by atoms with E-state index in [1.165, 1.54) is 18.2 Å². The highest BCUT2D eigenvalue weighted by atomic mass is 32.2. The quantitative estimate of drug-likeness (QED) is 0.582. The average Bonchev–Trinajstić information content (AvgIpc) is 2.44. The molecule has 26 heavy (non-hydrogen) atoms. The Hall–Kier alpha value is -2.54. The van der Waals surface area contributed by atoms with Crippen LogP contribution in [0, 0.1) is 6.92 Å². The van der Waals surface area contributed by atoms with Crippen LogP contribution in [0.1, 0.15) is 33.3 Å². The lowest BCUT2D eigenvalue weighted by molar-refractivity contribution is 0.237. The first-order valence-corrected chi connectivity index (χ1v) is 9.45. The molecular weight excluding hydrogens is 352 g/mol. The maximum absolute atomic E-state index is 12.7. The third-order valence-electron chi connectivity index (χ3n) is 2.92. The van der Waals surface area contributed by atoms with E-state index in [4.69, 9.17) is 4.74 Å². The van der Waals surface area contributed by atoms with E-state index >= 15 is 0 Å². The van der Waals surface area contributed by atoms with Crippen molar-refractivity contribution in [1.82, 2.24) is 10.0 Å². The fraction of sp³-hybridized carbons (Fsp3) is 0.316. The first-order chi connectivity index (χ1) is 11.8. The van der Waals surface area contributed by atoms with Gasteiger partial charge in [-0.05, 0) is 64.5 Å². The fourth-order valence-corrected chi connectivity index (χ4v) is 3.07. The second-order valence-corrected chi connectivity index (χ2v) is 8.61. The van der Waals surface area contributed by atoms with Crippen molar-refractivity contribution < 1.29 is 17.9 Å². The van der Waals surface area contributed by atoms with Gasteiger partial charge in [0.15, 0.2) is 0 Å². The van der Waals surface area contributed by atoms with E-state index < -0.39 is 21.6 Å². The number of rotatable bonds is 6. The van der Waals surface area contributed by atoms with E-state index in [0.29, 0.717) is 11.3 Å².